The van der Waals surface area contributed by atoms with Gasteiger partial charge in [0.05, 0.1) is 0 Å². The van der Waals surface area contributed by atoms with Crippen molar-refractivity contribution in [3.05, 3.63) is 59.1 Å². The van der Waals surface area contributed by atoms with Crippen molar-refractivity contribution in [1.29, 1.82) is 0 Å². The van der Waals surface area contributed by atoms with Gasteiger partial charge in [0.15, 0.2) is 0 Å². The molecule has 0 aliphatic heterocycles. The molecule has 3 atom stereocenters. The van der Waals surface area contributed by atoms with Crippen molar-refractivity contribution in [3.63, 3.8) is 0 Å². The fraction of sp³-hybridized carbons (Fsp3) is 0.500. The number of rotatable bonds is 7. The van der Waals surface area contributed by atoms with E-state index in [1.54, 1.807) is 30.6 Å². The molecule has 182 valence electrons. The number of aromatic nitrogens is 1. The molecule has 34 heavy (non-hydrogen) atoms. The predicted molar refractivity (Wildman–Crippen MR) is 131 cm³/mol. The molecule has 2 fully saturated rings. The molecule has 2 amide bonds. The third-order valence-corrected chi connectivity index (χ3v) is 7.75. The Morgan fingerprint density at radius 2 is 1.79 bits per heavy atom. The van der Waals surface area contributed by atoms with Crippen LogP contribution in [-0.2, 0) is 9.59 Å². The molecule has 2 aromatic rings. The van der Waals surface area contributed by atoms with Crippen LogP contribution >= 0.6 is 11.6 Å². The first-order valence-electron chi connectivity index (χ1n) is 12.1. The van der Waals surface area contributed by atoms with Crippen molar-refractivity contribution in [2.24, 2.45) is 23.5 Å². The number of anilines is 1. The first-order valence-corrected chi connectivity index (χ1v) is 12.5. The summed E-state index contributed by atoms with van der Waals surface area (Å²) in [6.07, 6.45) is 9.20. The molecule has 6 nitrogen and oxygen atoms in total. The van der Waals surface area contributed by atoms with Crippen molar-refractivity contribution in [2.45, 2.75) is 56.9 Å². The maximum atomic E-state index is 13.4. The zero-order chi connectivity index (χ0) is 24.1. The fourth-order valence-corrected chi connectivity index (χ4v) is 5.76. The third-order valence-electron chi connectivity index (χ3n) is 7.42. The molecule has 4 N–H and O–H groups in total. The van der Waals surface area contributed by atoms with Gasteiger partial charge in [0, 0.05) is 47.5 Å². The molecular weight excluding hydrogens is 455 g/mol. The Bertz CT molecular complexity index is 998. The third kappa shape index (κ3) is 5.94. The topological polar surface area (TPSA) is 97.1 Å². The van der Waals surface area contributed by atoms with Crippen molar-refractivity contribution in [2.75, 3.05) is 11.9 Å². The predicted octanol–water partition coefficient (Wildman–Crippen LogP) is 4.65. The van der Waals surface area contributed by atoms with Gasteiger partial charge in [-0.25, -0.2) is 4.39 Å². The Hall–Kier alpha value is -2.51. The van der Waals surface area contributed by atoms with Gasteiger partial charge in [-0.15, -0.1) is 0 Å². The standard InChI is InChI=1S/C26H32ClFN4O2/c27-23-14-18(28)8-9-21(23)20-2-1-3-22(20)26(34)31-15-24(29)16-4-6-17(7-5-16)25(33)32-19-10-12-30-13-11-19/h8-14,16-17,20,22,24H,1-7,15,29H2,(H,31,34)(H,30,32,33)/t16-,17-,20?,22?,24?. The van der Waals surface area contributed by atoms with Crippen LogP contribution in [0.25, 0.3) is 0 Å². The molecule has 4 rings (SSSR count). The Morgan fingerprint density at radius 1 is 1.06 bits per heavy atom. The van der Waals surface area contributed by atoms with Crippen LogP contribution in [0.4, 0.5) is 10.1 Å². The normalized spacial score (nSPS) is 25.5. The lowest BCUT2D eigenvalue weighted by atomic mass is 9.78. The lowest BCUT2D eigenvalue weighted by Crippen LogP contribution is -2.45. The van der Waals surface area contributed by atoms with E-state index in [1.807, 2.05) is 0 Å². The van der Waals surface area contributed by atoms with Crippen LogP contribution in [0.15, 0.2) is 42.7 Å². The van der Waals surface area contributed by atoms with E-state index in [4.69, 9.17) is 17.3 Å². The Labute approximate surface area is 204 Å². The van der Waals surface area contributed by atoms with Gasteiger partial charge in [0.1, 0.15) is 5.82 Å². The van der Waals surface area contributed by atoms with E-state index in [-0.39, 0.29) is 47.3 Å². The second kappa shape index (κ2) is 11.3. The van der Waals surface area contributed by atoms with Gasteiger partial charge < -0.3 is 16.4 Å². The number of halogens is 2. The van der Waals surface area contributed by atoms with E-state index in [0.717, 1.165) is 56.2 Å². The molecular formula is C26H32ClFN4O2. The quantitative estimate of drug-likeness (QED) is 0.530. The molecule has 0 spiro atoms. The number of carbonyl (C=O) groups excluding carboxylic acids is 2. The average Bonchev–Trinajstić information content (AvgIpc) is 3.33. The van der Waals surface area contributed by atoms with Crippen molar-refractivity contribution >= 4 is 29.1 Å². The Kier molecular flexibility index (Phi) is 8.16. The molecule has 1 heterocycles. The first kappa shape index (κ1) is 24.6. The van der Waals surface area contributed by atoms with Gasteiger partial charge in [-0.1, -0.05) is 24.1 Å². The summed E-state index contributed by atoms with van der Waals surface area (Å²) >= 11 is 6.26. The maximum absolute atomic E-state index is 13.4. The molecule has 0 saturated heterocycles. The number of pyridine rings is 1. The zero-order valence-electron chi connectivity index (χ0n) is 19.2. The summed E-state index contributed by atoms with van der Waals surface area (Å²) in [6, 6.07) is 7.82. The van der Waals surface area contributed by atoms with Crippen molar-refractivity contribution < 1.29 is 14.0 Å². The number of benzene rings is 1. The largest absolute Gasteiger partial charge is 0.354 e. The molecule has 2 saturated carbocycles. The van der Waals surface area contributed by atoms with Crippen LogP contribution in [0.2, 0.25) is 5.02 Å². The number of amides is 2. The minimum absolute atomic E-state index is 0.00123. The van der Waals surface area contributed by atoms with E-state index in [1.165, 1.54) is 12.1 Å². The van der Waals surface area contributed by atoms with E-state index in [2.05, 4.69) is 15.6 Å². The SMILES string of the molecule is NC(CNC(=O)C1CCCC1c1ccc(F)cc1Cl)[C@H]1CC[C@H](C(=O)Nc2ccncc2)CC1. The van der Waals surface area contributed by atoms with Gasteiger partial charge >= 0.3 is 0 Å². The van der Waals surface area contributed by atoms with E-state index >= 15 is 0 Å². The number of nitrogens with zero attached hydrogens (tertiary/aromatic N) is 1. The highest BCUT2D eigenvalue weighted by molar-refractivity contribution is 6.31. The Balaban J connectivity index is 1.24. The highest BCUT2D eigenvalue weighted by atomic mass is 35.5. The highest BCUT2D eigenvalue weighted by Crippen LogP contribution is 2.42. The van der Waals surface area contributed by atoms with Crippen LogP contribution in [0.1, 0.15) is 56.4 Å². The molecule has 8 heteroatoms. The second-order valence-electron chi connectivity index (χ2n) is 9.56. The maximum Gasteiger partial charge on any atom is 0.227 e. The minimum Gasteiger partial charge on any atom is -0.354 e. The monoisotopic (exact) mass is 486 g/mol. The average molecular weight is 487 g/mol. The molecule has 3 unspecified atom stereocenters. The summed E-state index contributed by atoms with van der Waals surface area (Å²) in [4.78, 5) is 29.5. The molecule has 1 aromatic heterocycles. The van der Waals surface area contributed by atoms with Crippen LogP contribution in [-0.4, -0.2) is 29.4 Å². The molecule has 1 aromatic carbocycles. The van der Waals surface area contributed by atoms with E-state index < -0.39 is 0 Å². The van der Waals surface area contributed by atoms with Gasteiger partial charge in [-0.2, -0.15) is 0 Å². The smallest absolute Gasteiger partial charge is 0.227 e. The van der Waals surface area contributed by atoms with E-state index in [9.17, 15) is 14.0 Å². The molecule has 2 aliphatic rings. The van der Waals surface area contributed by atoms with Crippen molar-refractivity contribution in [1.82, 2.24) is 10.3 Å². The summed E-state index contributed by atoms with van der Waals surface area (Å²) in [5.41, 5.74) is 8.04. The Morgan fingerprint density at radius 3 is 2.50 bits per heavy atom. The molecule has 0 bridgehead atoms. The zero-order valence-corrected chi connectivity index (χ0v) is 19.9. The summed E-state index contributed by atoms with van der Waals surface area (Å²) in [6.45, 7) is 0.414. The first-order chi connectivity index (χ1) is 16.4. The van der Waals surface area contributed by atoms with Crippen LogP contribution in [0.5, 0.6) is 0 Å². The van der Waals surface area contributed by atoms with Crippen LogP contribution < -0.4 is 16.4 Å². The second-order valence-corrected chi connectivity index (χ2v) is 9.96. The summed E-state index contributed by atoms with van der Waals surface area (Å²) < 4.78 is 13.4. The van der Waals surface area contributed by atoms with Crippen molar-refractivity contribution in [3.8, 4) is 0 Å². The van der Waals surface area contributed by atoms with Gasteiger partial charge in [-0.05, 0) is 80.2 Å². The number of hydrogen-bond donors (Lipinski definition) is 3. The number of hydrogen-bond acceptors (Lipinski definition) is 4. The van der Waals surface area contributed by atoms with Crippen LogP contribution in [0.3, 0.4) is 0 Å². The van der Waals surface area contributed by atoms with Gasteiger partial charge in [-0.3, -0.25) is 14.6 Å². The summed E-state index contributed by atoms with van der Waals surface area (Å²) in [7, 11) is 0. The molecule has 2 aliphatic carbocycles. The summed E-state index contributed by atoms with van der Waals surface area (Å²) in [5.74, 6) is -0.270. The number of carbonyl (C=O) groups is 2. The summed E-state index contributed by atoms with van der Waals surface area (Å²) in [5, 5.41) is 6.39. The van der Waals surface area contributed by atoms with Gasteiger partial charge in [0.2, 0.25) is 11.8 Å². The van der Waals surface area contributed by atoms with E-state index in [0.29, 0.717) is 11.6 Å². The van der Waals surface area contributed by atoms with Gasteiger partial charge in [0.25, 0.3) is 0 Å². The minimum atomic E-state index is -0.372. The molecule has 0 radical (unpaired) electrons. The lowest BCUT2D eigenvalue weighted by molar-refractivity contribution is -0.125. The number of nitrogens with two attached hydrogens (primary N) is 1. The lowest BCUT2D eigenvalue weighted by Gasteiger charge is -2.32. The van der Waals surface area contributed by atoms with Crippen LogP contribution in [0, 0.1) is 23.6 Å². The highest BCUT2D eigenvalue weighted by Gasteiger charge is 2.36. The number of nitrogens with one attached hydrogen (secondary N) is 2. The fourth-order valence-electron chi connectivity index (χ4n) is 5.45.